The Hall–Kier alpha value is 0. The van der Waals surface area contributed by atoms with Crippen LogP contribution in [0.5, 0.6) is 0 Å². The van der Waals surface area contributed by atoms with Crippen LogP contribution >= 0.6 is 0 Å². The molecule has 0 aromatic rings. The van der Waals surface area contributed by atoms with Gasteiger partial charge in [0.1, 0.15) is 0 Å². The predicted octanol–water partition coefficient (Wildman–Crippen LogP) is 4.25. The van der Waals surface area contributed by atoms with Crippen LogP contribution in [0.2, 0.25) is 0 Å². The molecule has 0 saturated carbocycles. The minimum atomic E-state index is -1.05. The first kappa shape index (κ1) is 7.64. The van der Waals surface area contributed by atoms with Crippen LogP contribution in [0.4, 0.5) is 0 Å². The fraction of sp³-hybridized carbons (Fsp3) is 1.00. The van der Waals surface area contributed by atoms with Crippen molar-refractivity contribution in [1.29, 1.82) is 0 Å². The number of hydrogen-bond donors (Lipinski definition) is 0. The summed E-state index contributed by atoms with van der Waals surface area (Å²) in [6.07, 6.45) is 1.81. The quantitative estimate of drug-likeness (QED) is 0.561. The molecule has 0 aliphatic rings. The standard InChI is InChI=1S/C11H24/c1-6-11(7-2,8-3)9-10(4)5/h10H,6-9H2,1-5H3/i6D2. The van der Waals surface area contributed by atoms with Crippen molar-refractivity contribution in [1.82, 2.24) is 0 Å². The molecule has 68 valence electrons. The van der Waals surface area contributed by atoms with E-state index < -0.39 is 6.37 Å². The Labute approximate surface area is 75.2 Å². The van der Waals surface area contributed by atoms with Crippen molar-refractivity contribution in [3.63, 3.8) is 0 Å². The highest BCUT2D eigenvalue weighted by atomic mass is 14.3. The van der Waals surface area contributed by atoms with Gasteiger partial charge >= 0.3 is 0 Å². The van der Waals surface area contributed by atoms with Crippen molar-refractivity contribution in [2.45, 2.75) is 60.3 Å². The zero-order valence-corrected chi connectivity index (χ0v) is 8.70. The molecule has 0 fully saturated rings. The van der Waals surface area contributed by atoms with Gasteiger partial charge in [0.25, 0.3) is 0 Å². The molecule has 0 radical (unpaired) electrons. The molecule has 0 heteroatoms. The lowest BCUT2D eigenvalue weighted by Gasteiger charge is -2.32. The molecule has 0 spiro atoms. The van der Waals surface area contributed by atoms with Crippen molar-refractivity contribution >= 4 is 0 Å². The molecule has 11 heavy (non-hydrogen) atoms. The first-order valence-corrected chi connectivity index (χ1v) is 4.79. The molecule has 0 saturated heterocycles. The summed E-state index contributed by atoms with van der Waals surface area (Å²) >= 11 is 0. The maximum Gasteiger partial charge on any atom is 0.0269 e. The second-order valence-electron chi connectivity index (χ2n) is 3.84. The highest BCUT2D eigenvalue weighted by Gasteiger charge is 2.24. The predicted molar refractivity (Wildman–Crippen MR) is 52.8 cm³/mol. The summed E-state index contributed by atoms with van der Waals surface area (Å²) in [7, 11) is 0. The second-order valence-corrected chi connectivity index (χ2v) is 3.84. The molecule has 0 aromatic heterocycles. The van der Waals surface area contributed by atoms with Crippen LogP contribution in [0, 0.1) is 11.3 Å². The molecule has 0 nitrogen and oxygen atoms in total. The van der Waals surface area contributed by atoms with Crippen LogP contribution in [0.15, 0.2) is 0 Å². The van der Waals surface area contributed by atoms with E-state index in [2.05, 4.69) is 27.7 Å². The van der Waals surface area contributed by atoms with Gasteiger partial charge in [-0.25, -0.2) is 0 Å². The van der Waals surface area contributed by atoms with E-state index in [1.54, 1.807) is 6.92 Å². The average molecular weight is 158 g/mol. The third-order valence-electron chi connectivity index (χ3n) is 2.68. The van der Waals surface area contributed by atoms with Crippen molar-refractivity contribution in [2.75, 3.05) is 0 Å². The first-order chi connectivity index (χ1) is 5.79. The van der Waals surface area contributed by atoms with E-state index in [1.165, 1.54) is 0 Å². The molecule has 0 atom stereocenters. The van der Waals surface area contributed by atoms with Crippen LogP contribution in [-0.4, -0.2) is 0 Å². The van der Waals surface area contributed by atoms with Gasteiger partial charge in [0.15, 0.2) is 0 Å². The van der Waals surface area contributed by atoms with E-state index >= 15 is 0 Å². The van der Waals surface area contributed by atoms with Crippen molar-refractivity contribution in [3.05, 3.63) is 0 Å². The molecule has 0 rings (SSSR count). The van der Waals surface area contributed by atoms with Crippen molar-refractivity contribution < 1.29 is 2.74 Å². The lowest BCUT2D eigenvalue weighted by atomic mass is 9.74. The zero-order chi connectivity index (χ0) is 10.7. The van der Waals surface area contributed by atoms with Crippen LogP contribution < -0.4 is 0 Å². The Morgan fingerprint density at radius 1 is 1.18 bits per heavy atom. The Morgan fingerprint density at radius 2 is 1.64 bits per heavy atom. The largest absolute Gasteiger partial charge is 0.0649 e. The van der Waals surface area contributed by atoms with Crippen LogP contribution in [0.1, 0.15) is 63.0 Å². The Kier molecular flexibility index (Phi) is 3.33. The van der Waals surface area contributed by atoms with Gasteiger partial charge in [-0.2, -0.15) is 0 Å². The van der Waals surface area contributed by atoms with E-state index in [4.69, 9.17) is 2.74 Å². The summed E-state index contributed by atoms with van der Waals surface area (Å²) in [5, 5.41) is 0. The average Bonchev–Trinajstić information content (AvgIpc) is 1.97. The highest BCUT2D eigenvalue weighted by Crippen LogP contribution is 2.36. The maximum atomic E-state index is 7.90. The molecule has 0 N–H and O–H groups in total. The lowest BCUT2D eigenvalue weighted by Crippen LogP contribution is -2.19. The van der Waals surface area contributed by atoms with Gasteiger partial charge < -0.3 is 0 Å². The van der Waals surface area contributed by atoms with Crippen LogP contribution in [-0.2, 0) is 0 Å². The Balaban J connectivity index is 4.70. The second kappa shape index (κ2) is 4.79. The van der Waals surface area contributed by atoms with Gasteiger partial charge in [0, 0.05) is 2.74 Å². The van der Waals surface area contributed by atoms with Crippen molar-refractivity contribution in [2.24, 2.45) is 11.3 Å². The van der Waals surface area contributed by atoms with E-state index in [1.807, 2.05) is 0 Å². The molecule has 0 unspecified atom stereocenters. The smallest absolute Gasteiger partial charge is 0.0269 e. The minimum absolute atomic E-state index is 0.124. The van der Waals surface area contributed by atoms with E-state index in [9.17, 15) is 0 Å². The molecule has 0 aliphatic carbocycles. The van der Waals surface area contributed by atoms with Crippen LogP contribution in [0.3, 0.4) is 0 Å². The summed E-state index contributed by atoms with van der Waals surface area (Å²) in [6.45, 7) is 10.3. The summed E-state index contributed by atoms with van der Waals surface area (Å²) in [4.78, 5) is 0. The summed E-state index contributed by atoms with van der Waals surface area (Å²) in [6, 6.07) is 0. The normalized spacial score (nSPS) is 16.5. The molecule has 0 aliphatic heterocycles. The van der Waals surface area contributed by atoms with Gasteiger partial charge in [0.05, 0.1) is 0 Å². The van der Waals surface area contributed by atoms with E-state index in [-0.39, 0.29) is 5.41 Å². The number of rotatable bonds is 5. The van der Waals surface area contributed by atoms with Gasteiger partial charge in [0.2, 0.25) is 0 Å². The molecular weight excluding hydrogens is 132 g/mol. The molecule has 0 amide bonds. The Morgan fingerprint density at radius 3 is 1.73 bits per heavy atom. The van der Waals surface area contributed by atoms with Gasteiger partial charge in [-0.05, 0) is 17.8 Å². The van der Waals surface area contributed by atoms with Gasteiger partial charge in [-0.3, -0.25) is 0 Å². The Bertz CT molecular complexity index is 141. The third-order valence-corrected chi connectivity index (χ3v) is 2.68. The fourth-order valence-electron chi connectivity index (χ4n) is 1.78. The number of hydrogen-bond acceptors (Lipinski definition) is 0. The first-order valence-electron chi connectivity index (χ1n) is 5.79. The minimum Gasteiger partial charge on any atom is -0.0649 e. The van der Waals surface area contributed by atoms with Gasteiger partial charge in [-0.1, -0.05) is 53.8 Å². The SMILES string of the molecule is [2H]C([2H])(C)C(CC)(CC)CC(C)C. The molecule has 0 bridgehead atoms. The summed E-state index contributed by atoms with van der Waals surface area (Å²) in [5.41, 5.74) is -0.124. The molecular formula is C11H24. The summed E-state index contributed by atoms with van der Waals surface area (Å²) in [5.74, 6) is 0.579. The van der Waals surface area contributed by atoms with Crippen LogP contribution in [0.25, 0.3) is 0 Å². The lowest BCUT2D eigenvalue weighted by molar-refractivity contribution is 0.198. The summed E-state index contributed by atoms with van der Waals surface area (Å²) < 4.78 is 15.8. The maximum absolute atomic E-state index is 7.90. The monoisotopic (exact) mass is 158 g/mol. The van der Waals surface area contributed by atoms with Crippen molar-refractivity contribution in [3.8, 4) is 0 Å². The molecule has 0 heterocycles. The van der Waals surface area contributed by atoms with E-state index in [0.717, 1.165) is 19.3 Å². The zero-order valence-electron chi connectivity index (χ0n) is 10.7. The fourth-order valence-corrected chi connectivity index (χ4v) is 1.78. The highest BCUT2D eigenvalue weighted by molar-refractivity contribution is 4.75. The molecule has 0 aromatic carbocycles. The van der Waals surface area contributed by atoms with E-state index in [0.29, 0.717) is 5.92 Å². The third kappa shape index (κ3) is 3.27. The topological polar surface area (TPSA) is 0 Å². The van der Waals surface area contributed by atoms with Gasteiger partial charge in [-0.15, -0.1) is 0 Å².